The first kappa shape index (κ1) is 15.2. The lowest BCUT2D eigenvalue weighted by Crippen LogP contribution is -2.15. The molecule has 1 aromatic heterocycles. The van der Waals surface area contributed by atoms with Crippen LogP contribution in [-0.2, 0) is 10.0 Å². The molecule has 1 aromatic carbocycles. The molecule has 112 valence electrons. The zero-order valence-corrected chi connectivity index (χ0v) is 12.2. The fourth-order valence-electron chi connectivity index (χ4n) is 1.49. The Balaban J connectivity index is 2.38. The minimum absolute atomic E-state index is 0.0398. The van der Waals surface area contributed by atoms with Gasteiger partial charge in [0.15, 0.2) is 21.5 Å². The molecule has 0 saturated carbocycles. The van der Waals surface area contributed by atoms with Crippen LogP contribution in [-0.4, -0.2) is 31.6 Å². The SMILES string of the molecule is COc1cc(NS(=O)(=O)c2scnc2C(=O)O)ccc1F. The average Bonchev–Trinajstić information content (AvgIpc) is 2.91. The average molecular weight is 332 g/mol. The highest BCUT2D eigenvalue weighted by atomic mass is 32.2. The molecule has 0 radical (unpaired) electrons. The maximum absolute atomic E-state index is 13.3. The number of methoxy groups -OCH3 is 1. The van der Waals surface area contributed by atoms with E-state index in [9.17, 15) is 17.6 Å². The standard InChI is InChI=1S/C11H9FN2O5S2/c1-19-8-4-6(2-3-7(8)12)14-21(17,18)11-9(10(15)16)13-5-20-11/h2-5,14H,1H3,(H,15,16). The fourth-order valence-corrected chi connectivity index (χ4v) is 3.68. The summed E-state index contributed by atoms with van der Waals surface area (Å²) >= 11 is 0.669. The van der Waals surface area contributed by atoms with E-state index >= 15 is 0 Å². The maximum Gasteiger partial charge on any atom is 0.356 e. The third-order valence-corrected chi connectivity index (χ3v) is 5.14. The minimum Gasteiger partial charge on any atom is -0.494 e. The molecule has 0 spiro atoms. The number of hydrogen-bond acceptors (Lipinski definition) is 6. The third kappa shape index (κ3) is 3.11. The van der Waals surface area contributed by atoms with Gasteiger partial charge < -0.3 is 9.84 Å². The lowest BCUT2D eigenvalue weighted by Gasteiger charge is -2.08. The molecule has 0 amide bonds. The zero-order valence-electron chi connectivity index (χ0n) is 10.5. The van der Waals surface area contributed by atoms with Crippen LogP contribution in [0.3, 0.4) is 0 Å². The summed E-state index contributed by atoms with van der Waals surface area (Å²) < 4.78 is 44.0. The van der Waals surface area contributed by atoms with Gasteiger partial charge in [-0.25, -0.2) is 22.6 Å². The predicted molar refractivity (Wildman–Crippen MR) is 72.8 cm³/mol. The molecule has 21 heavy (non-hydrogen) atoms. The number of hydrogen-bond donors (Lipinski definition) is 2. The van der Waals surface area contributed by atoms with Crippen LogP contribution >= 0.6 is 11.3 Å². The van der Waals surface area contributed by atoms with E-state index in [0.29, 0.717) is 11.3 Å². The number of benzene rings is 1. The van der Waals surface area contributed by atoms with Gasteiger partial charge in [0.05, 0.1) is 18.3 Å². The summed E-state index contributed by atoms with van der Waals surface area (Å²) in [6, 6.07) is 3.37. The van der Waals surface area contributed by atoms with Crippen molar-refractivity contribution in [3.05, 3.63) is 35.2 Å². The van der Waals surface area contributed by atoms with Crippen molar-refractivity contribution in [3.63, 3.8) is 0 Å². The first-order chi connectivity index (χ1) is 9.85. The van der Waals surface area contributed by atoms with Gasteiger partial charge in [-0.2, -0.15) is 0 Å². The second-order valence-electron chi connectivity index (χ2n) is 3.75. The molecule has 0 fully saturated rings. The number of aromatic nitrogens is 1. The van der Waals surface area contributed by atoms with E-state index in [1.54, 1.807) is 0 Å². The Labute approximate surface area is 123 Å². The molecule has 0 unspecified atom stereocenters. The molecule has 10 heteroatoms. The van der Waals surface area contributed by atoms with Gasteiger partial charge in [-0.1, -0.05) is 0 Å². The van der Waals surface area contributed by atoms with Gasteiger partial charge in [-0.15, -0.1) is 11.3 Å². The zero-order chi connectivity index (χ0) is 15.6. The van der Waals surface area contributed by atoms with Gasteiger partial charge in [0, 0.05) is 6.07 Å². The van der Waals surface area contributed by atoms with Crippen LogP contribution in [0.5, 0.6) is 5.75 Å². The molecule has 2 N–H and O–H groups in total. The molecule has 2 aromatic rings. The number of aromatic carboxylic acids is 1. The number of rotatable bonds is 5. The van der Waals surface area contributed by atoms with Gasteiger partial charge in [0.2, 0.25) is 0 Å². The van der Waals surface area contributed by atoms with Crippen molar-refractivity contribution in [1.29, 1.82) is 0 Å². The normalized spacial score (nSPS) is 11.1. The van der Waals surface area contributed by atoms with Crippen molar-refractivity contribution in [2.45, 2.75) is 4.21 Å². The molecule has 0 aliphatic heterocycles. The maximum atomic E-state index is 13.3. The van der Waals surface area contributed by atoms with E-state index in [-0.39, 0.29) is 11.4 Å². The largest absolute Gasteiger partial charge is 0.494 e. The van der Waals surface area contributed by atoms with E-state index in [2.05, 4.69) is 9.71 Å². The molecule has 1 heterocycles. The summed E-state index contributed by atoms with van der Waals surface area (Å²) in [5.41, 5.74) is 0.586. The lowest BCUT2D eigenvalue weighted by molar-refractivity contribution is 0.0687. The van der Waals surface area contributed by atoms with Crippen LogP contribution < -0.4 is 9.46 Å². The Morgan fingerprint density at radius 2 is 2.19 bits per heavy atom. The molecular formula is C11H9FN2O5S2. The van der Waals surface area contributed by atoms with Gasteiger partial charge in [-0.05, 0) is 12.1 Å². The van der Waals surface area contributed by atoms with Crippen molar-refractivity contribution >= 4 is 33.0 Å². The molecule has 0 atom stereocenters. The van der Waals surface area contributed by atoms with Gasteiger partial charge >= 0.3 is 5.97 Å². The number of carboxylic acids is 1. The van der Waals surface area contributed by atoms with Crippen molar-refractivity contribution in [2.24, 2.45) is 0 Å². The second kappa shape index (κ2) is 5.66. The van der Waals surface area contributed by atoms with Crippen molar-refractivity contribution in [3.8, 4) is 5.75 Å². The molecule has 2 rings (SSSR count). The highest BCUT2D eigenvalue weighted by Crippen LogP contribution is 2.26. The highest BCUT2D eigenvalue weighted by Gasteiger charge is 2.26. The van der Waals surface area contributed by atoms with Crippen molar-refractivity contribution in [2.75, 3.05) is 11.8 Å². The fraction of sp³-hybridized carbons (Fsp3) is 0.0909. The highest BCUT2D eigenvalue weighted by molar-refractivity contribution is 7.94. The molecule has 0 aliphatic carbocycles. The number of anilines is 1. The molecular weight excluding hydrogens is 323 g/mol. The van der Waals surface area contributed by atoms with Crippen LogP contribution in [0.15, 0.2) is 27.9 Å². The van der Waals surface area contributed by atoms with Crippen LogP contribution in [0, 0.1) is 5.82 Å². The quantitative estimate of drug-likeness (QED) is 0.865. The second-order valence-corrected chi connectivity index (χ2v) is 6.48. The number of nitrogens with one attached hydrogen (secondary N) is 1. The van der Waals surface area contributed by atoms with Crippen LogP contribution in [0.25, 0.3) is 0 Å². The summed E-state index contributed by atoms with van der Waals surface area (Å²) in [6.45, 7) is 0. The topological polar surface area (TPSA) is 106 Å². The van der Waals surface area contributed by atoms with Crippen molar-refractivity contribution < 1.29 is 27.4 Å². The summed E-state index contributed by atoms with van der Waals surface area (Å²) in [5.74, 6) is -2.24. The third-order valence-electron chi connectivity index (χ3n) is 2.38. The summed E-state index contributed by atoms with van der Waals surface area (Å²) in [7, 11) is -2.90. The number of ether oxygens (including phenoxy) is 1. The number of nitrogens with zero attached hydrogens (tertiary/aromatic N) is 1. The predicted octanol–water partition coefficient (Wildman–Crippen LogP) is 1.79. The Kier molecular flexibility index (Phi) is 4.09. The van der Waals surface area contributed by atoms with E-state index < -0.39 is 31.7 Å². The van der Waals surface area contributed by atoms with Crippen LogP contribution in [0.2, 0.25) is 0 Å². The number of thiazole rings is 1. The lowest BCUT2D eigenvalue weighted by atomic mass is 10.3. The van der Waals surface area contributed by atoms with E-state index in [1.165, 1.54) is 13.2 Å². The minimum atomic E-state index is -4.14. The smallest absolute Gasteiger partial charge is 0.356 e. The number of halogens is 1. The summed E-state index contributed by atoms with van der Waals surface area (Å²) in [6.07, 6.45) is 0. The molecule has 7 nitrogen and oxygen atoms in total. The number of carboxylic acid groups (broad SMARTS) is 1. The van der Waals surface area contributed by atoms with Gasteiger partial charge in [0.25, 0.3) is 10.0 Å². The van der Waals surface area contributed by atoms with Gasteiger partial charge in [0.1, 0.15) is 0 Å². The Morgan fingerprint density at radius 1 is 1.48 bits per heavy atom. The number of carbonyl (C=O) groups is 1. The van der Waals surface area contributed by atoms with Gasteiger partial charge in [-0.3, -0.25) is 4.72 Å². The van der Waals surface area contributed by atoms with E-state index in [4.69, 9.17) is 9.84 Å². The molecule has 0 aliphatic rings. The summed E-state index contributed by atoms with van der Waals surface area (Å²) in [5, 5.41) is 8.88. The Hall–Kier alpha value is -2.20. The van der Waals surface area contributed by atoms with Crippen LogP contribution in [0.4, 0.5) is 10.1 Å². The Bertz CT molecular complexity index is 788. The first-order valence-corrected chi connectivity index (χ1v) is 7.74. The van der Waals surface area contributed by atoms with E-state index in [1.807, 2.05) is 0 Å². The Morgan fingerprint density at radius 3 is 2.81 bits per heavy atom. The monoisotopic (exact) mass is 332 g/mol. The molecule has 0 saturated heterocycles. The first-order valence-electron chi connectivity index (χ1n) is 5.38. The summed E-state index contributed by atoms with van der Waals surface area (Å²) in [4.78, 5) is 14.4. The molecule has 0 bridgehead atoms. The van der Waals surface area contributed by atoms with Crippen LogP contribution in [0.1, 0.15) is 10.5 Å². The van der Waals surface area contributed by atoms with E-state index in [0.717, 1.165) is 17.6 Å². The number of sulfonamides is 1. The van der Waals surface area contributed by atoms with Crippen molar-refractivity contribution in [1.82, 2.24) is 4.98 Å².